The Morgan fingerprint density at radius 3 is 3.18 bits per heavy atom. The molecule has 0 aliphatic heterocycles. The molecule has 60 valence electrons. The van der Waals surface area contributed by atoms with Crippen LogP contribution in [0.3, 0.4) is 0 Å². The van der Waals surface area contributed by atoms with Gasteiger partial charge in [-0.3, -0.25) is 0 Å². The van der Waals surface area contributed by atoms with Gasteiger partial charge in [-0.05, 0) is 6.92 Å². The lowest BCUT2D eigenvalue weighted by molar-refractivity contribution is 0.0692. The number of hydrogen-bond donors (Lipinski definition) is 3. The Morgan fingerprint density at radius 2 is 2.64 bits per heavy atom. The van der Waals surface area contributed by atoms with Gasteiger partial charge in [0.05, 0.1) is 6.33 Å². The first kappa shape index (κ1) is 7.59. The molecule has 1 heterocycles. The monoisotopic (exact) mass is 155 g/mol. The molecule has 5 nitrogen and oxygen atoms in total. The molecule has 0 aliphatic rings. The summed E-state index contributed by atoms with van der Waals surface area (Å²) in [6.45, 7) is 2.53. The number of nitrogens with one attached hydrogen (secondary N) is 2. The van der Waals surface area contributed by atoms with Crippen LogP contribution in [0.25, 0.3) is 0 Å². The molecule has 0 unspecified atom stereocenters. The lowest BCUT2D eigenvalue weighted by atomic mass is 10.4. The van der Waals surface area contributed by atoms with E-state index in [0.717, 1.165) is 0 Å². The SMILES string of the molecule is CCNc1nc[nH]c1C(=O)O. The second-order valence-electron chi connectivity index (χ2n) is 1.96. The minimum atomic E-state index is -1.00. The van der Waals surface area contributed by atoms with Crippen molar-refractivity contribution in [2.45, 2.75) is 6.92 Å². The van der Waals surface area contributed by atoms with Gasteiger partial charge in [-0.1, -0.05) is 0 Å². The summed E-state index contributed by atoms with van der Waals surface area (Å²) in [5.41, 5.74) is 0.104. The minimum Gasteiger partial charge on any atom is -0.476 e. The van der Waals surface area contributed by atoms with Gasteiger partial charge >= 0.3 is 5.97 Å². The van der Waals surface area contributed by atoms with Gasteiger partial charge in [0.25, 0.3) is 0 Å². The molecule has 0 bridgehead atoms. The summed E-state index contributed by atoms with van der Waals surface area (Å²) in [5, 5.41) is 11.4. The molecule has 0 saturated heterocycles. The van der Waals surface area contributed by atoms with E-state index in [2.05, 4.69) is 15.3 Å². The third kappa shape index (κ3) is 1.49. The quantitative estimate of drug-likeness (QED) is 0.595. The number of rotatable bonds is 3. The third-order valence-corrected chi connectivity index (χ3v) is 1.20. The number of hydrogen-bond acceptors (Lipinski definition) is 3. The van der Waals surface area contributed by atoms with Gasteiger partial charge in [0, 0.05) is 6.54 Å². The zero-order chi connectivity index (χ0) is 8.27. The van der Waals surface area contributed by atoms with Crippen molar-refractivity contribution in [1.82, 2.24) is 9.97 Å². The first-order chi connectivity index (χ1) is 5.25. The van der Waals surface area contributed by atoms with Crippen LogP contribution in [0.1, 0.15) is 17.4 Å². The van der Waals surface area contributed by atoms with E-state index in [4.69, 9.17) is 5.11 Å². The van der Waals surface area contributed by atoms with Crippen molar-refractivity contribution in [3.05, 3.63) is 12.0 Å². The second kappa shape index (κ2) is 3.05. The highest BCUT2D eigenvalue weighted by atomic mass is 16.4. The predicted molar refractivity (Wildman–Crippen MR) is 39.7 cm³/mol. The van der Waals surface area contributed by atoms with Crippen LogP contribution in [0.4, 0.5) is 5.82 Å². The number of H-pyrrole nitrogens is 1. The lowest BCUT2D eigenvalue weighted by Gasteiger charge is -1.97. The highest BCUT2D eigenvalue weighted by Crippen LogP contribution is 2.07. The summed E-state index contributed by atoms with van der Waals surface area (Å²) in [6, 6.07) is 0. The molecule has 0 spiro atoms. The molecule has 1 aromatic rings. The normalized spacial score (nSPS) is 9.55. The van der Waals surface area contributed by atoms with E-state index in [1.54, 1.807) is 0 Å². The van der Waals surface area contributed by atoms with Crippen LogP contribution in [0.5, 0.6) is 0 Å². The maximum atomic E-state index is 10.4. The van der Waals surface area contributed by atoms with Gasteiger partial charge in [-0.15, -0.1) is 0 Å². The van der Waals surface area contributed by atoms with Crippen molar-refractivity contribution in [2.75, 3.05) is 11.9 Å². The van der Waals surface area contributed by atoms with Crippen LogP contribution in [0.2, 0.25) is 0 Å². The van der Waals surface area contributed by atoms with Crippen LogP contribution in [-0.4, -0.2) is 27.6 Å². The van der Waals surface area contributed by atoms with E-state index in [9.17, 15) is 4.79 Å². The fraction of sp³-hybridized carbons (Fsp3) is 0.333. The molecular weight excluding hydrogens is 146 g/mol. The van der Waals surface area contributed by atoms with Crippen LogP contribution >= 0.6 is 0 Å². The molecule has 0 saturated carbocycles. The number of carboxylic acid groups (broad SMARTS) is 1. The zero-order valence-electron chi connectivity index (χ0n) is 6.09. The maximum Gasteiger partial charge on any atom is 0.356 e. The van der Waals surface area contributed by atoms with Crippen LogP contribution in [-0.2, 0) is 0 Å². The molecular formula is C6H9N3O2. The first-order valence-electron chi connectivity index (χ1n) is 3.26. The molecule has 0 fully saturated rings. The van der Waals surface area contributed by atoms with Crippen molar-refractivity contribution in [1.29, 1.82) is 0 Å². The largest absolute Gasteiger partial charge is 0.476 e. The Balaban J connectivity index is 2.87. The van der Waals surface area contributed by atoms with Crippen LogP contribution in [0.15, 0.2) is 6.33 Å². The van der Waals surface area contributed by atoms with E-state index in [-0.39, 0.29) is 5.69 Å². The first-order valence-corrected chi connectivity index (χ1v) is 3.26. The Bertz CT molecular complexity index is 256. The maximum absolute atomic E-state index is 10.4. The smallest absolute Gasteiger partial charge is 0.356 e. The molecule has 0 amide bonds. The molecule has 0 atom stereocenters. The summed E-state index contributed by atoms with van der Waals surface area (Å²) < 4.78 is 0. The Morgan fingerprint density at radius 1 is 1.91 bits per heavy atom. The van der Waals surface area contributed by atoms with E-state index in [1.807, 2.05) is 6.92 Å². The lowest BCUT2D eigenvalue weighted by Crippen LogP contribution is -2.04. The van der Waals surface area contributed by atoms with Gasteiger partial charge < -0.3 is 15.4 Å². The van der Waals surface area contributed by atoms with Crippen LogP contribution in [0, 0.1) is 0 Å². The van der Waals surface area contributed by atoms with Crippen molar-refractivity contribution >= 4 is 11.8 Å². The second-order valence-corrected chi connectivity index (χ2v) is 1.96. The number of aromatic carboxylic acids is 1. The average molecular weight is 155 g/mol. The number of carbonyl (C=O) groups is 1. The highest BCUT2D eigenvalue weighted by Gasteiger charge is 2.10. The van der Waals surface area contributed by atoms with Crippen molar-refractivity contribution < 1.29 is 9.90 Å². The molecule has 5 heteroatoms. The molecule has 3 N–H and O–H groups in total. The standard InChI is InChI=1S/C6H9N3O2/c1-2-7-5-4(6(10)11)8-3-9-5/h3,7H,2H2,1H3,(H,8,9)(H,10,11). The summed E-state index contributed by atoms with van der Waals surface area (Å²) in [4.78, 5) is 16.7. The van der Waals surface area contributed by atoms with E-state index < -0.39 is 5.97 Å². The van der Waals surface area contributed by atoms with Gasteiger partial charge in [0.15, 0.2) is 11.5 Å². The van der Waals surface area contributed by atoms with Gasteiger partial charge in [-0.2, -0.15) is 0 Å². The minimum absolute atomic E-state index is 0.104. The molecule has 1 aromatic heterocycles. The topological polar surface area (TPSA) is 78.0 Å². The predicted octanol–water partition coefficient (Wildman–Crippen LogP) is 0.540. The molecule has 0 aromatic carbocycles. The Labute approximate surface area is 63.5 Å². The summed E-state index contributed by atoms with van der Waals surface area (Å²) in [5.74, 6) is -0.613. The van der Waals surface area contributed by atoms with Crippen molar-refractivity contribution in [3.63, 3.8) is 0 Å². The number of imidazole rings is 1. The number of anilines is 1. The molecule has 11 heavy (non-hydrogen) atoms. The van der Waals surface area contributed by atoms with Gasteiger partial charge in [0.2, 0.25) is 0 Å². The fourth-order valence-corrected chi connectivity index (χ4v) is 0.759. The average Bonchev–Trinajstić information content (AvgIpc) is 2.36. The van der Waals surface area contributed by atoms with Gasteiger partial charge in [0.1, 0.15) is 0 Å². The highest BCUT2D eigenvalue weighted by molar-refractivity contribution is 5.90. The summed E-state index contributed by atoms with van der Waals surface area (Å²) in [7, 11) is 0. The number of nitrogens with zero attached hydrogens (tertiary/aromatic N) is 1. The molecule has 0 aliphatic carbocycles. The van der Waals surface area contributed by atoms with Crippen molar-refractivity contribution in [3.8, 4) is 0 Å². The Hall–Kier alpha value is -1.52. The van der Waals surface area contributed by atoms with E-state index >= 15 is 0 Å². The molecule has 0 radical (unpaired) electrons. The number of aromatic amines is 1. The van der Waals surface area contributed by atoms with E-state index in [1.165, 1.54) is 6.33 Å². The van der Waals surface area contributed by atoms with Gasteiger partial charge in [-0.25, -0.2) is 9.78 Å². The van der Waals surface area contributed by atoms with Crippen molar-refractivity contribution in [2.24, 2.45) is 0 Å². The number of aromatic nitrogens is 2. The third-order valence-electron chi connectivity index (χ3n) is 1.20. The van der Waals surface area contributed by atoms with E-state index in [0.29, 0.717) is 12.4 Å². The fourth-order valence-electron chi connectivity index (χ4n) is 0.759. The summed E-state index contributed by atoms with van der Waals surface area (Å²) in [6.07, 6.45) is 1.35. The molecule has 1 rings (SSSR count). The Kier molecular flexibility index (Phi) is 2.10. The zero-order valence-corrected chi connectivity index (χ0v) is 6.09. The van der Waals surface area contributed by atoms with Crippen LogP contribution < -0.4 is 5.32 Å². The summed E-state index contributed by atoms with van der Waals surface area (Å²) >= 11 is 0. The number of carboxylic acids is 1.